The van der Waals surface area contributed by atoms with Gasteiger partial charge >= 0.3 is 5.76 Å². The summed E-state index contributed by atoms with van der Waals surface area (Å²) in [5.41, 5.74) is 0. The predicted molar refractivity (Wildman–Crippen MR) is 38.1 cm³/mol. The van der Waals surface area contributed by atoms with Gasteiger partial charge in [0.1, 0.15) is 0 Å². The highest BCUT2D eigenvalue weighted by molar-refractivity contribution is 5.87. The van der Waals surface area contributed by atoms with Crippen molar-refractivity contribution in [3.8, 4) is 0 Å². The van der Waals surface area contributed by atoms with Crippen LogP contribution in [0, 0.1) is 0 Å². The molecule has 0 bridgehead atoms. The van der Waals surface area contributed by atoms with Crippen molar-refractivity contribution in [1.82, 2.24) is 9.89 Å². The Morgan fingerprint density at radius 3 is 2.83 bits per heavy atom. The fourth-order valence-electron chi connectivity index (χ4n) is 1.20. The SMILES string of the molecule is O=C1CCCN1n1ncoc1=O. The summed E-state index contributed by atoms with van der Waals surface area (Å²) in [5.74, 6) is -0.712. The summed E-state index contributed by atoms with van der Waals surface area (Å²) >= 11 is 0. The smallest absolute Gasteiger partial charge is 0.394 e. The van der Waals surface area contributed by atoms with Crippen LogP contribution in [0.5, 0.6) is 0 Å². The Kier molecular flexibility index (Phi) is 1.46. The first kappa shape index (κ1) is 7.08. The summed E-state index contributed by atoms with van der Waals surface area (Å²) in [6.45, 7) is 0.533. The van der Waals surface area contributed by atoms with Crippen molar-refractivity contribution >= 4 is 5.91 Å². The lowest BCUT2D eigenvalue weighted by Gasteiger charge is -2.11. The van der Waals surface area contributed by atoms with E-state index in [1.54, 1.807) is 0 Å². The zero-order valence-electron chi connectivity index (χ0n) is 6.27. The van der Waals surface area contributed by atoms with Gasteiger partial charge in [0.25, 0.3) is 0 Å². The van der Waals surface area contributed by atoms with Crippen molar-refractivity contribution < 1.29 is 9.21 Å². The molecule has 1 aliphatic rings. The summed E-state index contributed by atoms with van der Waals surface area (Å²) in [5, 5.41) is 4.87. The molecule has 12 heavy (non-hydrogen) atoms. The average molecular weight is 169 g/mol. The molecule has 0 spiro atoms. The third-order valence-corrected chi connectivity index (χ3v) is 1.75. The number of rotatable bonds is 1. The molecule has 1 aromatic rings. The molecule has 1 aliphatic heterocycles. The van der Waals surface area contributed by atoms with Crippen LogP contribution in [0.1, 0.15) is 12.8 Å². The molecule has 0 aromatic carbocycles. The molecule has 0 unspecified atom stereocenters. The van der Waals surface area contributed by atoms with E-state index in [9.17, 15) is 9.59 Å². The van der Waals surface area contributed by atoms with Gasteiger partial charge in [-0.15, -0.1) is 5.10 Å². The number of carbonyl (C=O) groups excluding carboxylic acids is 1. The van der Waals surface area contributed by atoms with Crippen molar-refractivity contribution in [3.05, 3.63) is 16.9 Å². The molecule has 6 nitrogen and oxygen atoms in total. The van der Waals surface area contributed by atoms with Gasteiger partial charge in [0.05, 0.1) is 0 Å². The van der Waals surface area contributed by atoms with Gasteiger partial charge in [0.15, 0.2) is 0 Å². The Bertz CT molecular complexity index is 353. The van der Waals surface area contributed by atoms with Crippen LogP contribution in [0.15, 0.2) is 15.6 Å². The van der Waals surface area contributed by atoms with E-state index in [-0.39, 0.29) is 5.91 Å². The zero-order valence-corrected chi connectivity index (χ0v) is 6.27. The Labute approximate surface area is 67.4 Å². The fraction of sp³-hybridized carbons (Fsp3) is 0.500. The molecule has 64 valence electrons. The Balaban J connectivity index is 2.36. The highest BCUT2D eigenvalue weighted by Crippen LogP contribution is 2.05. The summed E-state index contributed by atoms with van der Waals surface area (Å²) in [4.78, 5) is 23.0. The first-order valence-corrected chi connectivity index (χ1v) is 3.62. The summed E-state index contributed by atoms with van der Waals surface area (Å²) in [7, 11) is 0. The lowest BCUT2D eigenvalue weighted by Crippen LogP contribution is -2.42. The van der Waals surface area contributed by atoms with E-state index in [1.165, 1.54) is 5.01 Å². The topological polar surface area (TPSA) is 68.3 Å². The van der Waals surface area contributed by atoms with Gasteiger partial charge in [0, 0.05) is 13.0 Å². The fourth-order valence-corrected chi connectivity index (χ4v) is 1.20. The lowest BCUT2D eigenvalue weighted by atomic mass is 10.4. The number of carbonyl (C=O) groups is 1. The minimum atomic E-state index is -0.620. The van der Waals surface area contributed by atoms with Gasteiger partial charge in [-0.05, 0) is 6.42 Å². The zero-order chi connectivity index (χ0) is 8.55. The van der Waals surface area contributed by atoms with E-state index in [2.05, 4.69) is 9.52 Å². The van der Waals surface area contributed by atoms with Crippen LogP contribution in [0.3, 0.4) is 0 Å². The van der Waals surface area contributed by atoms with Gasteiger partial charge in [-0.3, -0.25) is 4.79 Å². The molecule has 2 heterocycles. The number of amides is 1. The quantitative estimate of drug-likeness (QED) is 0.546. The van der Waals surface area contributed by atoms with E-state index in [0.29, 0.717) is 13.0 Å². The molecular formula is C6H7N3O3. The average Bonchev–Trinajstić information content (AvgIpc) is 2.59. The summed E-state index contributed by atoms with van der Waals surface area (Å²) in [6, 6.07) is 0. The Morgan fingerprint density at radius 2 is 2.33 bits per heavy atom. The standard InChI is InChI=1S/C6H7N3O3/c10-5-2-1-3-8(5)9-6(11)12-4-7-9/h4H,1-3H2. The lowest BCUT2D eigenvalue weighted by molar-refractivity contribution is -0.118. The van der Waals surface area contributed by atoms with Crippen LogP contribution in [0.4, 0.5) is 0 Å². The normalized spacial score (nSPS) is 17.3. The molecule has 1 amide bonds. The van der Waals surface area contributed by atoms with Crippen LogP contribution in [-0.4, -0.2) is 22.3 Å². The minimum absolute atomic E-state index is 0.0917. The van der Waals surface area contributed by atoms with Crippen LogP contribution < -0.4 is 10.8 Å². The molecule has 1 saturated heterocycles. The molecular weight excluding hydrogens is 162 g/mol. The largest absolute Gasteiger partial charge is 0.457 e. The second-order valence-electron chi connectivity index (χ2n) is 2.51. The number of aromatic nitrogens is 2. The van der Waals surface area contributed by atoms with E-state index in [0.717, 1.165) is 17.6 Å². The van der Waals surface area contributed by atoms with E-state index >= 15 is 0 Å². The first-order valence-electron chi connectivity index (χ1n) is 3.62. The number of hydrogen-bond acceptors (Lipinski definition) is 4. The predicted octanol–water partition coefficient (Wildman–Crippen LogP) is -0.905. The highest BCUT2D eigenvalue weighted by atomic mass is 16.4. The van der Waals surface area contributed by atoms with Crippen molar-refractivity contribution in [3.63, 3.8) is 0 Å². The van der Waals surface area contributed by atoms with Crippen molar-refractivity contribution in [2.24, 2.45) is 0 Å². The molecule has 0 atom stereocenters. The van der Waals surface area contributed by atoms with Crippen molar-refractivity contribution in [2.75, 3.05) is 11.6 Å². The van der Waals surface area contributed by atoms with Crippen LogP contribution in [-0.2, 0) is 4.79 Å². The third kappa shape index (κ3) is 0.919. The molecule has 1 aromatic heterocycles. The monoisotopic (exact) mass is 169 g/mol. The Hall–Kier alpha value is -1.59. The molecule has 0 N–H and O–H groups in total. The third-order valence-electron chi connectivity index (χ3n) is 1.75. The molecule has 0 aliphatic carbocycles. The second kappa shape index (κ2) is 2.47. The van der Waals surface area contributed by atoms with Gasteiger partial charge in [-0.1, -0.05) is 4.79 Å². The molecule has 0 radical (unpaired) electrons. The van der Waals surface area contributed by atoms with Gasteiger partial charge in [0.2, 0.25) is 12.3 Å². The van der Waals surface area contributed by atoms with Crippen LogP contribution >= 0.6 is 0 Å². The van der Waals surface area contributed by atoms with E-state index in [1.807, 2.05) is 0 Å². The van der Waals surface area contributed by atoms with Gasteiger partial charge in [-0.25, -0.2) is 9.80 Å². The van der Waals surface area contributed by atoms with Crippen LogP contribution in [0.25, 0.3) is 0 Å². The highest BCUT2D eigenvalue weighted by Gasteiger charge is 2.24. The second-order valence-corrected chi connectivity index (χ2v) is 2.51. The maximum atomic E-state index is 11.1. The molecule has 2 rings (SSSR count). The number of hydrogen-bond donors (Lipinski definition) is 0. The van der Waals surface area contributed by atoms with Crippen molar-refractivity contribution in [2.45, 2.75) is 12.8 Å². The minimum Gasteiger partial charge on any atom is -0.394 e. The maximum absolute atomic E-state index is 11.1. The van der Waals surface area contributed by atoms with E-state index < -0.39 is 5.76 Å². The summed E-state index contributed by atoms with van der Waals surface area (Å²) < 4.78 is 4.43. The van der Waals surface area contributed by atoms with Gasteiger partial charge in [-0.2, -0.15) is 0 Å². The first-order chi connectivity index (χ1) is 5.79. The maximum Gasteiger partial charge on any atom is 0.457 e. The molecule has 6 heteroatoms. The number of nitrogens with zero attached hydrogens (tertiary/aromatic N) is 3. The van der Waals surface area contributed by atoms with E-state index in [4.69, 9.17) is 0 Å². The summed E-state index contributed by atoms with van der Waals surface area (Å²) in [6.07, 6.45) is 2.26. The van der Waals surface area contributed by atoms with Crippen LogP contribution in [0.2, 0.25) is 0 Å². The molecule has 1 fully saturated rings. The van der Waals surface area contributed by atoms with Crippen molar-refractivity contribution in [1.29, 1.82) is 0 Å². The Morgan fingerprint density at radius 1 is 1.50 bits per heavy atom. The molecule has 0 saturated carbocycles. The van der Waals surface area contributed by atoms with Gasteiger partial charge < -0.3 is 4.42 Å².